The number of nitrogens with zero attached hydrogens (tertiary/aromatic N) is 3. The number of nitrogen functional groups attached to an aromatic ring is 1. The normalized spacial score (nSPS) is 13.8. The van der Waals surface area contributed by atoms with Crippen molar-refractivity contribution < 1.29 is 9.18 Å². The summed E-state index contributed by atoms with van der Waals surface area (Å²) < 4.78 is 13.9. The van der Waals surface area contributed by atoms with Crippen LogP contribution in [0.5, 0.6) is 0 Å². The largest absolute Gasteiger partial charge is 0.397 e. The van der Waals surface area contributed by atoms with E-state index in [9.17, 15) is 9.18 Å². The minimum Gasteiger partial charge on any atom is -0.397 e. The zero-order valence-electron chi connectivity index (χ0n) is 19.3. The van der Waals surface area contributed by atoms with Crippen molar-refractivity contribution in [2.24, 2.45) is 5.41 Å². The first kappa shape index (κ1) is 24.5. The van der Waals surface area contributed by atoms with Gasteiger partial charge < -0.3 is 15.5 Å². The summed E-state index contributed by atoms with van der Waals surface area (Å²) in [5.74, 6) is -0.165. The van der Waals surface area contributed by atoms with Crippen molar-refractivity contribution in [1.82, 2.24) is 9.88 Å². The van der Waals surface area contributed by atoms with Crippen LogP contribution in [-0.4, -0.2) is 42.0 Å². The van der Waals surface area contributed by atoms with Crippen LogP contribution >= 0.6 is 11.6 Å². The van der Waals surface area contributed by atoms with Crippen LogP contribution in [0.1, 0.15) is 20.8 Å². The molecule has 1 amide bonds. The summed E-state index contributed by atoms with van der Waals surface area (Å²) in [6.45, 7) is 8.28. The minimum absolute atomic E-state index is 0.147. The molecule has 1 saturated heterocycles. The summed E-state index contributed by atoms with van der Waals surface area (Å²) in [4.78, 5) is 19.9. The van der Waals surface area contributed by atoms with Gasteiger partial charge in [-0.25, -0.2) is 4.39 Å². The van der Waals surface area contributed by atoms with Gasteiger partial charge in [-0.15, -0.1) is 0 Å². The van der Waals surface area contributed by atoms with Gasteiger partial charge in [0.2, 0.25) is 5.91 Å². The summed E-state index contributed by atoms with van der Waals surface area (Å²) >= 11 is 5.76. The Bertz CT molecular complexity index is 1080. The molecule has 0 aliphatic carbocycles. The van der Waals surface area contributed by atoms with Crippen LogP contribution < -0.4 is 10.6 Å². The number of carbonyl (C=O) groups excluding carboxylic acids is 1. The molecule has 0 radical (unpaired) electrons. The molecule has 1 aliphatic heterocycles. The van der Waals surface area contributed by atoms with Gasteiger partial charge in [0.25, 0.3) is 0 Å². The summed E-state index contributed by atoms with van der Waals surface area (Å²) in [6.07, 6.45) is 3.42. The summed E-state index contributed by atoms with van der Waals surface area (Å²) in [6, 6.07) is 16.7. The molecule has 5 nitrogen and oxygen atoms in total. The van der Waals surface area contributed by atoms with E-state index in [-0.39, 0.29) is 17.1 Å². The molecule has 4 rings (SSSR count). The smallest absolute Gasteiger partial charge is 0.228 e. The highest BCUT2D eigenvalue weighted by molar-refractivity contribution is 6.30. The molecule has 0 bridgehead atoms. The lowest BCUT2D eigenvalue weighted by atomic mass is 9.94. The predicted molar refractivity (Wildman–Crippen MR) is 134 cm³/mol. The quantitative estimate of drug-likeness (QED) is 0.539. The second kappa shape index (κ2) is 10.7. The maximum Gasteiger partial charge on any atom is 0.228 e. The SMILES string of the molecule is CC(C)(C)C(=O)N1CCN(c2ccc(Cl)cc2F)CC1.Nc1cnccc1-c1ccccc1. The predicted octanol–water partition coefficient (Wildman–Crippen LogP) is 5.50. The molecule has 0 atom stereocenters. The van der Waals surface area contributed by atoms with Crippen molar-refractivity contribution in [3.63, 3.8) is 0 Å². The lowest BCUT2D eigenvalue weighted by Crippen LogP contribution is -2.51. The zero-order valence-corrected chi connectivity index (χ0v) is 20.0. The van der Waals surface area contributed by atoms with Gasteiger partial charge in [-0.2, -0.15) is 0 Å². The number of amides is 1. The Morgan fingerprint density at radius 3 is 2.27 bits per heavy atom. The van der Waals surface area contributed by atoms with Crippen LogP contribution in [0.25, 0.3) is 11.1 Å². The molecular formula is C26H30ClFN4O. The van der Waals surface area contributed by atoms with E-state index in [1.807, 2.05) is 67.0 Å². The first-order valence-corrected chi connectivity index (χ1v) is 11.3. The second-order valence-electron chi connectivity index (χ2n) is 8.95. The summed E-state index contributed by atoms with van der Waals surface area (Å²) in [7, 11) is 0. The number of carbonyl (C=O) groups is 1. The van der Waals surface area contributed by atoms with Gasteiger partial charge in [-0.1, -0.05) is 62.7 Å². The van der Waals surface area contributed by atoms with Crippen LogP contribution in [0.2, 0.25) is 5.02 Å². The molecule has 2 aromatic carbocycles. The third kappa shape index (κ3) is 6.45. The van der Waals surface area contributed by atoms with Crippen LogP contribution in [0.3, 0.4) is 0 Å². The Morgan fingerprint density at radius 2 is 1.70 bits per heavy atom. The molecule has 174 valence electrons. The summed E-state index contributed by atoms with van der Waals surface area (Å²) in [5, 5.41) is 0.396. The van der Waals surface area contributed by atoms with Gasteiger partial charge in [0.1, 0.15) is 5.82 Å². The van der Waals surface area contributed by atoms with E-state index in [1.54, 1.807) is 24.5 Å². The molecule has 33 heavy (non-hydrogen) atoms. The number of anilines is 2. The first-order chi connectivity index (χ1) is 15.7. The average Bonchev–Trinajstić information content (AvgIpc) is 2.79. The fourth-order valence-corrected chi connectivity index (χ4v) is 3.81. The topological polar surface area (TPSA) is 62.5 Å². The van der Waals surface area contributed by atoms with E-state index in [4.69, 9.17) is 17.3 Å². The van der Waals surface area contributed by atoms with E-state index in [0.29, 0.717) is 42.6 Å². The van der Waals surface area contributed by atoms with E-state index < -0.39 is 0 Å². The number of nitrogens with two attached hydrogens (primary N) is 1. The van der Waals surface area contributed by atoms with E-state index >= 15 is 0 Å². The lowest BCUT2D eigenvalue weighted by molar-refractivity contribution is -0.139. The molecule has 0 unspecified atom stereocenters. The van der Waals surface area contributed by atoms with Crippen LogP contribution in [0.4, 0.5) is 15.8 Å². The van der Waals surface area contributed by atoms with Gasteiger partial charge in [0, 0.05) is 48.4 Å². The molecular weight excluding hydrogens is 439 g/mol. The van der Waals surface area contributed by atoms with Crippen LogP contribution in [0.15, 0.2) is 67.0 Å². The van der Waals surface area contributed by atoms with Crippen molar-refractivity contribution in [3.05, 3.63) is 77.8 Å². The molecule has 3 aromatic rings. The number of benzene rings is 2. The maximum absolute atomic E-state index is 13.9. The standard InChI is InChI=1S/C15H20ClFN2O.C11H10N2/c1-15(2,3)14(20)19-8-6-18(7-9-19)13-5-4-11(16)10-12(13)17;12-11-8-13-7-6-10(11)9-4-2-1-3-5-9/h4-5,10H,6-9H2,1-3H3;1-8H,12H2. The van der Waals surface area contributed by atoms with Gasteiger partial charge in [0.15, 0.2) is 0 Å². The molecule has 0 saturated carbocycles. The van der Waals surface area contributed by atoms with Crippen molar-refractivity contribution >= 4 is 28.9 Å². The molecule has 1 aliphatic rings. The molecule has 1 fully saturated rings. The molecule has 7 heteroatoms. The Kier molecular flexibility index (Phi) is 7.92. The number of pyridine rings is 1. The Labute approximate surface area is 200 Å². The fraction of sp³-hybridized carbons (Fsp3) is 0.308. The van der Waals surface area contributed by atoms with Crippen molar-refractivity contribution in [1.29, 1.82) is 0 Å². The third-order valence-corrected chi connectivity index (χ3v) is 5.63. The third-order valence-electron chi connectivity index (χ3n) is 5.40. The van der Waals surface area contributed by atoms with E-state index in [0.717, 1.165) is 11.1 Å². The highest BCUT2D eigenvalue weighted by atomic mass is 35.5. The maximum atomic E-state index is 13.9. The van der Waals surface area contributed by atoms with Crippen LogP contribution in [0, 0.1) is 11.2 Å². The van der Waals surface area contributed by atoms with Gasteiger partial charge in [-0.05, 0) is 29.8 Å². The Hall–Kier alpha value is -3.12. The monoisotopic (exact) mass is 468 g/mol. The number of hydrogen-bond acceptors (Lipinski definition) is 4. The van der Waals surface area contributed by atoms with Crippen molar-refractivity contribution in [2.45, 2.75) is 20.8 Å². The fourth-order valence-electron chi connectivity index (χ4n) is 3.65. The number of halogens is 2. The number of piperazine rings is 1. The molecule has 2 heterocycles. The Balaban J connectivity index is 0.000000203. The summed E-state index contributed by atoms with van der Waals surface area (Å²) in [5.41, 5.74) is 8.86. The highest BCUT2D eigenvalue weighted by Crippen LogP contribution is 2.26. The zero-order chi connectivity index (χ0) is 24.0. The minimum atomic E-state index is -0.367. The first-order valence-electron chi connectivity index (χ1n) is 10.9. The second-order valence-corrected chi connectivity index (χ2v) is 9.39. The van der Waals surface area contributed by atoms with Gasteiger partial charge in [-0.3, -0.25) is 9.78 Å². The lowest BCUT2D eigenvalue weighted by Gasteiger charge is -2.38. The highest BCUT2D eigenvalue weighted by Gasteiger charge is 2.30. The molecule has 2 N–H and O–H groups in total. The van der Waals surface area contributed by atoms with E-state index in [1.165, 1.54) is 6.07 Å². The van der Waals surface area contributed by atoms with E-state index in [2.05, 4.69) is 4.98 Å². The molecule has 1 aromatic heterocycles. The number of aromatic nitrogens is 1. The average molecular weight is 469 g/mol. The Morgan fingerprint density at radius 1 is 1.03 bits per heavy atom. The van der Waals surface area contributed by atoms with Crippen LogP contribution in [-0.2, 0) is 4.79 Å². The van der Waals surface area contributed by atoms with Gasteiger partial charge >= 0.3 is 0 Å². The number of hydrogen-bond donors (Lipinski definition) is 1. The number of rotatable bonds is 2. The van der Waals surface area contributed by atoms with Crippen molar-refractivity contribution in [3.8, 4) is 11.1 Å². The van der Waals surface area contributed by atoms with Gasteiger partial charge in [0.05, 0.1) is 17.6 Å². The molecule has 0 spiro atoms. The van der Waals surface area contributed by atoms with Crippen molar-refractivity contribution in [2.75, 3.05) is 36.8 Å².